The molecule has 2 N–H and O–H groups in total. The normalized spacial score (nSPS) is 18.4. The third-order valence-corrected chi connectivity index (χ3v) is 6.47. The van der Waals surface area contributed by atoms with Crippen LogP contribution in [-0.4, -0.2) is 61.5 Å². The van der Waals surface area contributed by atoms with Gasteiger partial charge in [0.2, 0.25) is 0 Å². The first-order valence-corrected chi connectivity index (χ1v) is 12.2. The van der Waals surface area contributed by atoms with Crippen LogP contribution in [0.4, 0.5) is 13.2 Å². The Kier molecular flexibility index (Phi) is 12.0. The zero-order valence-corrected chi connectivity index (χ0v) is 19.7. The molecule has 0 unspecified atom stereocenters. The van der Waals surface area contributed by atoms with Crippen molar-refractivity contribution in [2.24, 2.45) is 11.8 Å². The molecule has 1 saturated heterocycles. The fourth-order valence-electron chi connectivity index (χ4n) is 4.64. The van der Waals surface area contributed by atoms with Crippen molar-refractivity contribution in [2.75, 3.05) is 39.3 Å². The van der Waals surface area contributed by atoms with Gasteiger partial charge >= 0.3 is 12.1 Å². The van der Waals surface area contributed by atoms with E-state index in [4.69, 9.17) is 14.6 Å². The molecule has 1 aromatic rings. The molecule has 3 rings (SSSR count). The van der Waals surface area contributed by atoms with Crippen molar-refractivity contribution >= 4 is 5.97 Å². The molecule has 0 radical (unpaired) electrons. The zero-order chi connectivity index (χ0) is 24.1. The van der Waals surface area contributed by atoms with Gasteiger partial charge < -0.3 is 20.1 Å². The minimum absolute atomic E-state index is 0.740. The number of halogens is 3. The lowest BCUT2D eigenvalue weighted by Crippen LogP contribution is -2.40. The van der Waals surface area contributed by atoms with Crippen LogP contribution in [0, 0.1) is 11.8 Å². The van der Waals surface area contributed by atoms with Gasteiger partial charge in [0.15, 0.2) is 0 Å². The van der Waals surface area contributed by atoms with Crippen molar-refractivity contribution in [1.29, 1.82) is 0 Å². The molecular formula is C25H39F3N2O3. The minimum atomic E-state index is -5.08. The monoisotopic (exact) mass is 472 g/mol. The quantitative estimate of drug-likeness (QED) is 0.487. The van der Waals surface area contributed by atoms with Gasteiger partial charge in [0.25, 0.3) is 0 Å². The second-order valence-corrected chi connectivity index (χ2v) is 9.05. The van der Waals surface area contributed by atoms with Gasteiger partial charge in [-0.05, 0) is 88.7 Å². The summed E-state index contributed by atoms with van der Waals surface area (Å²) in [5, 5.41) is 10.8. The predicted octanol–water partition coefficient (Wildman–Crippen LogP) is 5.14. The van der Waals surface area contributed by atoms with Crippen molar-refractivity contribution in [3.8, 4) is 5.75 Å². The van der Waals surface area contributed by atoms with Crippen LogP contribution in [0.1, 0.15) is 57.4 Å². The molecule has 0 bridgehead atoms. The number of benzene rings is 1. The molecule has 188 valence electrons. The lowest BCUT2D eigenvalue weighted by atomic mass is 9.88. The summed E-state index contributed by atoms with van der Waals surface area (Å²) in [6, 6.07) is 8.44. The van der Waals surface area contributed by atoms with E-state index in [0.717, 1.165) is 37.2 Å². The van der Waals surface area contributed by atoms with Crippen LogP contribution in [-0.2, 0) is 11.2 Å². The molecule has 0 aromatic heterocycles. The number of piperidine rings is 1. The van der Waals surface area contributed by atoms with Gasteiger partial charge in [0, 0.05) is 6.54 Å². The van der Waals surface area contributed by atoms with E-state index in [9.17, 15) is 13.2 Å². The van der Waals surface area contributed by atoms with Gasteiger partial charge in [-0.3, -0.25) is 0 Å². The Balaban J connectivity index is 0.000000479. The fourth-order valence-corrected chi connectivity index (χ4v) is 4.64. The number of hydrogen-bond acceptors (Lipinski definition) is 4. The Morgan fingerprint density at radius 1 is 1.09 bits per heavy atom. The fraction of sp³-hybridized carbons (Fsp3) is 0.720. The Morgan fingerprint density at radius 3 is 2.33 bits per heavy atom. The number of ether oxygens (including phenoxy) is 1. The molecule has 0 amide bonds. The minimum Gasteiger partial charge on any atom is -0.494 e. The van der Waals surface area contributed by atoms with Crippen LogP contribution in [0.25, 0.3) is 0 Å². The number of hydrogen-bond donors (Lipinski definition) is 2. The van der Waals surface area contributed by atoms with Crippen molar-refractivity contribution in [3.05, 3.63) is 29.8 Å². The van der Waals surface area contributed by atoms with E-state index in [1.807, 2.05) is 0 Å². The first-order chi connectivity index (χ1) is 15.8. The number of alkyl halides is 3. The molecule has 1 aliphatic heterocycles. The molecule has 2 aliphatic rings. The van der Waals surface area contributed by atoms with E-state index in [-0.39, 0.29) is 0 Å². The van der Waals surface area contributed by atoms with Gasteiger partial charge in [-0.15, -0.1) is 0 Å². The molecule has 33 heavy (non-hydrogen) atoms. The van der Waals surface area contributed by atoms with Crippen LogP contribution < -0.4 is 10.1 Å². The first kappa shape index (κ1) is 27.4. The van der Waals surface area contributed by atoms with E-state index in [2.05, 4.69) is 41.4 Å². The topological polar surface area (TPSA) is 61.8 Å². The average molecular weight is 473 g/mol. The molecule has 0 atom stereocenters. The number of nitrogens with one attached hydrogen (secondary N) is 1. The molecule has 2 fully saturated rings. The summed E-state index contributed by atoms with van der Waals surface area (Å²) in [6.45, 7) is 9.01. The number of nitrogens with zero attached hydrogens (tertiary/aromatic N) is 1. The molecule has 0 spiro atoms. The molecule has 1 heterocycles. The Labute approximate surface area is 195 Å². The number of carboxylic acids is 1. The van der Waals surface area contributed by atoms with Crippen LogP contribution in [0.3, 0.4) is 0 Å². The van der Waals surface area contributed by atoms with E-state index in [0.29, 0.717) is 0 Å². The highest BCUT2D eigenvalue weighted by Crippen LogP contribution is 2.26. The predicted molar refractivity (Wildman–Crippen MR) is 124 cm³/mol. The highest BCUT2D eigenvalue weighted by molar-refractivity contribution is 5.73. The molecular weight excluding hydrogens is 433 g/mol. The van der Waals surface area contributed by atoms with Crippen molar-refractivity contribution in [1.82, 2.24) is 10.2 Å². The Bertz CT molecular complexity index is 686. The van der Waals surface area contributed by atoms with E-state index < -0.39 is 12.1 Å². The number of para-hydroxylation sites is 1. The second-order valence-electron chi connectivity index (χ2n) is 9.05. The summed E-state index contributed by atoms with van der Waals surface area (Å²) in [5.41, 5.74) is 1.32. The van der Waals surface area contributed by atoms with Crippen molar-refractivity contribution in [2.45, 2.75) is 64.5 Å². The molecule has 8 heteroatoms. The lowest BCUT2D eigenvalue weighted by Gasteiger charge is -2.35. The highest BCUT2D eigenvalue weighted by atomic mass is 19.4. The maximum absolute atomic E-state index is 10.6. The van der Waals surface area contributed by atoms with Gasteiger partial charge in [-0.1, -0.05) is 37.5 Å². The number of carbonyl (C=O) groups is 1. The molecule has 5 nitrogen and oxygen atoms in total. The van der Waals surface area contributed by atoms with E-state index in [1.54, 1.807) is 0 Å². The molecule has 1 saturated carbocycles. The van der Waals surface area contributed by atoms with E-state index in [1.165, 1.54) is 76.7 Å². The summed E-state index contributed by atoms with van der Waals surface area (Å²) in [5.74, 6) is 0.142. The van der Waals surface area contributed by atoms with E-state index >= 15 is 0 Å². The number of rotatable bonds is 9. The standard InChI is InChI=1S/C23H38N2O.C2HF3O2/c1-2-26-23-11-7-6-10-22(23)12-15-24-18-20-13-16-25(17-14-20)19-21-8-4-3-5-9-21;3-2(4,5)1(6)7/h6-7,10-11,20-21,24H,2-5,8-9,12-19H2,1H3;(H,6,7). The van der Waals surface area contributed by atoms with Gasteiger partial charge in [-0.25, -0.2) is 4.79 Å². The number of carboxylic acid groups (broad SMARTS) is 1. The third kappa shape index (κ3) is 10.8. The average Bonchev–Trinajstić information content (AvgIpc) is 2.79. The SMILES string of the molecule is CCOc1ccccc1CCNCC1CCN(CC2CCCCC2)CC1.O=C(O)C(F)(F)F. The second kappa shape index (κ2) is 14.5. The maximum Gasteiger partial charge on any atom is 0.490 e. The first-order valence-electron chi connectivity index (χ1n) is 12.2. The maximum atomic E-state index is 10.6. The number of aliphatic carboxylic acids is 1. The van der Waals surface area contributed by atoms with Crippen LogP contribution in [0.2, 0.25) is 0 Å². The molecule has 1 aliphatic carbocycles. The molecule has 1 aromatic carbocycles. The summed E-state index contributed by atoms with van der Waals surface area (Å²) < 4.78 is 37.5. The van der Waals surface area contributed by atoms with Crippen LogP contribution in [0.15, 0.2) is 24.3 Å². The third-order valence-electron chi connectivity index (χ3n) is 6.47. The smallest absolute Gasteiger partial charge is 0.490 e. The largest absolute Gasteiger partial charge is 0.494 e. The van der Waals surface area contributed by atoms with Gasteiger partial charge in [0.1, 0.15) is 5.75 Å². The Hall–Kier alpha value is -1.80. The van der Waals surface area contributed by atoms with Gasteiger partial charge in [-0.2, -0.15) is 13.2 Å². The number of likely N-dealkylation sites (tertiary alicyclic amines) is 1. The lowest BCUT2D eigenvalue weighted by molar-refractivity contribution is -0.192. The van der Waals surface area contributed by atoms with Crippen molar-refractivity contribution < 1.29 is 27.8 Å². The highest BCUT2D eigenvalue weighted by Gasteiger charge is 2.38. The summed E-state index contributed by atoms with van der Waals surface area (Å²) in [7, 11) is 0. The summed E-state index contributed by atoms with van der Waals surface area (Å²) in [6.07, 6.45) is 6.07. The summed E-state index contributed by atoms with van der Waals surface area (Å²) in [4.78, 5) is 11.6. The van der Waals surface area contributed by atoms with Crippen LogP contribution in [0.5, 0.6) is 5.75 Å². The van der Waals surface area contributed by atoms with Gasteiger partial charge in [0.05, 0.1) is 6.61 Å². The summed E-state index contributed by atoms with van der Waals surface area (Å²) >= 11 is 0. The zero-order valence-electron chi connectivity index (χ0n) is 19.7. The Morgan fingerprint density at radius 2 is 1.73 bits per heavy atom. The van der Waals surface area contributed by atoms with Crippen LogP contribution >= 0.6 is 0 Å². The van der Waals surface area contributed by atoms with Crippen molar-refractivity contribution in [3.63, 3.8) is 0 Å².